The molecule has 9 nitrogen and oxygen atoms in total. The second-order valence-electron chi connectivity index (χ2n) is 7.95. The molecule has 0 spiro atoms. The largest absolute Gasteiger partial charge is 0.360 e. The maximum Gasteiger partial charge on any atom is 0.249 e. The summed E-state index contributed by atoms with van der Waals surface area (Å²) in [6, 6.07) is 7.19. The van der Waals surface area contributed by atoms with E-state index in [1.165, 1.54) is 0 Å². The van der Waals surface area contributed by atoms with Gasteiger partial charge in [0.1, 0.15) is 6.04 Å². The van der Waals surface area contributed by atoms with Crippen LogP contribution in [0, 0.1) is 0 Å². The molecule has 4 amide bonds. The van der Waals surface area contributed by atoms with Crippen molar-refractivity contribution in [3.8, 4) is 0 Å². The molecule has 3 aliphatic rings. The second kappa shape index (κ2) is 8.83. The molecule has 9 heteroatoms. The lowest BCUT2D eigenvalue weighted by Crippen LogP contribution is -2.60. The third kappa shape index (κ3) is 4.46. The number of anilines is 1. The first kappa shape index (κ1) is 20.3. The van der Waals surface area contributed by atoms with Crippen LogP contribution in [0.25, 0.3) is 0 Å². The number of rotatable bonds is 4. The van der Waals surface area contributed by atoms with Crippen LogP contribution < -0.4 is 15.5 Å². The Hall–Kier alpha value is -2.94. The van der Waals surface area contributed by atoms with Crippen molar-refractivity contribution in [3.63, 3.8) is 0 Å². The molecular weight excluding hydrogens is 386 g/mol. The van der Waals surface area contributed by atoms with Crippen LogP contribution in [0.15, 0.2) is 24.3 Å². The maximum absolute atomic E-state index is 12.7. The molecule has 3 aliphatic heterocycles. The molecule has 4 rings (SSSR count). The van der Waals surface area contributed by atoms with Crippen LogP contribution in [0.3, 0.4) is 0 Å². The molecule has 2 N–H and O–H groups in total. The number of nitrogens with zero attached hydrogens (tertiary/aromatic N) is 3. The van der Waals surface area contributed by atoms with E-state index in [0.717, 1.165) is 37.4 Å². The second-order valence-corrected chi connectivity index (χ2v) is 7.95. The molecule has 0 bridgehead atoms. The first-order valence-corrected chi connectivity index (χ1v) is 10.5. The summed E-state index contributed by atoms with van der Waals surface area (Å²) in [6.45, 7) is 4.41. The summed E-state index contributed by atoms with van der Waals surface area (Å²) in [5.74, 6) is -0.643. The molecule has 1 aromatic rings. The summed E-state index contributed by atoms with van der Waals surface area (Å²) in [5.41, 5.74) is 1.88. The zero-order valence-electron chi connectivity index (χ0n) is 16.9. The minimum absolute atomic E-state index is 0.117. The highest BCUT2D eigenvalue weighted by Crippen LogP contribution is 2.21. The van der Waals surface area contributed by atoms with Gasteiger partial charge in [-0.1, -0.05) is 12.1 Å². The lowest BCUT2D eigenvalue weighted by Gasteiger charge is -2.40. The number of hydrogen-bond acceptors (Lipinski definition) is 6. The van der Waals surface area contributed by atoms with Crippen LogP contribution in [0.1, 0.15) is 18.4 Å². The van der Waals surface area contributed by atoms with Gasteiger partial charge >= 0.3 is 0 Å². The van der Waals surface area contributed by atoms with Gasteiger partial charge in [0.25, 0.3) is 0 Å². The predicted octanol–water partition coefficient (Wildman–Crippen LogP) is -0.885. The molecule has 3 heterocycles. The van der Waals surface area contributed by atoms with Crippen LogP contribution in [-0.2, 0) is 25.6 Å². The number of hydrogen-bond donors (Lipinski definition) is 2. The molecule has 1 aromatic carbocycles. The zero-order chi connectivity index (χ0) is 21.1. The Labute approximate surface area is 175 Å². The fourth-order valence-electron chi connectivity index (χ4n) is 4.24. The van der Waals surface area contributed by atoms with Gasteiger partial charge in [0.2, 0.25) is 23.6 Å². The SMILES string of the molecule is O=C1CCC(N2CCN(c3ccc(CC(=O)N4CCNCC4)cc3)CC2=O)C(=O)N1. The fraction of sp³-hybridized carbons (Fsp3) is 0.524. The van der Waals surface area contributed by atoms with Gasteiger partial charge in [-0.15, -0.1) is 0 Å². The van der Waals surface area contributed by atoms with E-state index in [-0.39, 0.29) is 36.6 Å². The summed E-state index contributed by atoms with van der Waals surface area (Å²) in [6.07, 6.45) is 1.02. The van der Waals surface area contributed by atoms with Crippen LogP contribution >= 0.6 is 0 Å². The van der Waals surface area contributed by atoms with Crippen LogP contribution in [0.2, 0.25) is 0 Å². The standard InChI is InChI=1S/C21H27N5O4/c27-18-6-5-17(21(30)23-18)26-12-11-25(14-20(26)29)16-3-1-15(2-4-16)13-19(28)24-9-7-22-8-10-24/h1-4,17,22H,5-14H2,(H,23,27,30). The average molecular weight is 413 g/mol. The monoisotopic (exact) mass is 413 g/mol. The molecule has 1 unspecified atom stereocenters. The molecule has 3 fully saturated rings. The Kier molecular flexibility index (Phi) is 5.98. The van der Waals surface area contributed by atoms with Crippen LogP contribution in [0.5, 0.6) is 0 Å². The minimum Gasteiger partial charge on any atom is -0.360 e. The third-order valence-corrected chi connectivity index (χ3v) is 5.97. The summed E-state index contributed by atoms with van der Waals surface area (Å²) in [4.78, 5) is 53.9. The highest BCUT2D eigenvalue weighted by atomic mass is 16.2. The summed E-state index contributed by atoms with van der Waals surface area (Å²) in [7, 11) is 0. The molecule has 1 atom stereocenters. The summed E-state index contributed by atoms with van der Waals surface area (Å²) < 4.78 is 0. The molecule has 3 saturated heterocycles. The van der Waals surface area contributed by atoms with Crippen molar-refractivity contribution in [3.05, 3.63) is 29.8 Å². The third-order valence-electron chi connectivity index (χ3n) is 5.97. The number of benzene rings is 1. The van der Waals surface area contributed by atoms with Crippen LogP contribution in [-0.4, -0.2) is 85.3 Å². The maximum atomic E-state index is 12.7. The van der Waals surface area contributed by atoms with Crippen molar-refractivity contribution in [1.29, 1.82) is 0 Å². The van der Waals surface area contributed by atoms with Crippen molar-refractivity contribution in [1.82, 2.24) is 20.4 Å². The predicted molar refractivity (Wildman–Crippen MR) is 110 cm³/mol. The van der Waals surface area contributed by atoms with Crippen molar-refractivity contribution in [2.75, 3.05) is 50.7 Å². The molecule has 160 valence electrons. The average Bonchev–Trinajstić information content (AvgIpc) is 2.75. The molecular formula is C21H27N5O4. The van der Waals surface area contributed by atoms with Gasteiger partial charge in [-0.25, -0.2) is 0 Å². The first-order valence-electron chi connectivity index (χ1n) is 10.5. The first-order chi connectivity index (χ1) is 14.5. The van der Waals surface area contributed by atoms with Gasteiger partial charge in [-0.3, -0.25) is 24.5 Å². The Bertz CT molecular complexity index is 834. The molecule has 0 aromatic heterocycles. The smallest absolute Gasteiger partial charge is 0.249 e. The topological polar surface area (TPSA) is 102 Å². The number of imide groups is 1. The Morgan fingerprint density at radius 3 is 2.40 bits per heavy atom. The van der Waals surface area contributed by atoms with E-state index in [2.05, 4.69) is 10.6 Å². The highest BCUT2D eigenvalue weighted by molar-refractivity contribution is 6.02. The van der Waals surface area contributed by atoms with Crippen molar-refractivity contribution in [2.45, 2.75) is 25.3 Å². The van der Waals surface area contributed by atoms with Gasteiger partial charge in [0.05, 0.1) is 13.0 Å². The lowest BCUT2D eigenvalue weighted by molar-refractivity contribution is -0.145. The fourth-order valence-corrected chi connectivity index (χ4v) is 4.24. The van der Waals surface area contributed by atoms with E-state index < -0.39 is 6.04 Å². The van der Waals surface area contributed by atoms with E-state index in [4.69, 9.17) is 0 Å². The Balaban J connectivity index is 1.33. The number of piperazine rings is 2. The van der Waals surface area contributed by atoms with Crippen molar-refractivity contribution >= 4 is 29.3 Å². The van der Waals surface area contributed by atoms with Gasteiger partial charge in [0, 0.05) is 51.4 Å². The minimum atomic E-state index is -0.560. The number of carbonyl (C=O) groups excluding carboxylic acids is 4. The van der Waals surface area contributed by atoms with E-state index in [9.17, 15) is 19.2 Å². The lowest BCUT2D eigenvalue weighted by atomic mass is 10.0. The highest BCUT2D eigenvalue weighted by Gasteiger charge is 2.36. The van der Waals surface area contributed by atoms with Crippen molar-refractivity contribution < 1.29 is 19.2 Å². The molecule has 0 aliphatic carbocycles. The van der Waals surface area contributed by atoms with Crippen molar-refractivity contribution in [2.24, 2.45) is 0 Å². The van der Waals surface area contributed by atoms with E-state index in [1.54, 1.807) is 4.90 Å². The van der Waals surface area contributed by atoms with E-state index >= 15 is 0 Å². The van der Waals surface area contributed by atoms with E-state index in [1.807, 2.05) is 34.1 Å². The summed E-state index contributed by atoms with van der Waals surface area (Å²) in [5, 5.41) is 5.56. The van der Waals surface area contributed by atoms with Gasteiger partial charge in [-0.05, 0) is 24.1 Å². The quantitative estimate of drug-likeness (QED) is 0.622. The van der Waals surface area contributed by atoms with Gasteiger partial charge < -0.3 is 20.0 Å². The van der Waals surface area contributed by atoms with E-state index in [0.29, 0.717) is 25.9 Å². The molecule has 0 radical (unpaired) electrons. The summed E-state index contributed by atoms with van der Waals surface area (Å²) >= 11 is 0. The molecule has 30 heavy (non-hydrogen) atoms. The Morgan fingerprint density at radius 1 is 1.00 bits per heavy atom. The Morgan fingerprint density at radius 2 is 1.73 bits per heavy atom. The zero-order valence-corrected chi connectivity index (χ0v) is 16.9. The molecule has 0 saturated carbocycles. The number of nitrogens with one attached hydrogen (secondary N) is 2. The number of piperidine rings is 1. The van der Waals surface area contributed by atoms with Gasteiger partial charge in [-0.2, -0.15) is 0 Å². The normalized spacial score (nSPS) is 22.9. The number of carbonyl (C=O) groups is 4. The van der Waals surface area contributed by atoms with Gasteiger partial charge in [0.15, 0.2) is 0 Å². The van der Waals surface area contributed by atoms with Crippen LogP contribution in [0.4, 0.5) is 5.69 Å². The number of amides is 4.